The van der Waals surface area contributed by atoms with Crippen LogP contribution >= 0.6 is 15.9 Å². The van der Waals surface area contributed by atoms with Crippen molar-refractivity contribution in [1.29, 1.82) is 0 Å². The molecule has 3 rings (SSSR count). The van der Waals surface area contributed by atoms with Crippen LogP contribution in [0.15, 0.2) is 16.6 Å². The van der Waals surface area contributed by atoms with Crippen LogP contribution in [-0.4, -0.2) is 12.5 Å². The molecular weight excluding hydrogens is 316 g/mol. The first kappa shape index (κ1) is 13.0. The van der Waals surface area contributed by atoms with Crippen molar-refractivity contribution in [2.45, 2.75) is 25.7 Å². The third-order valence-electron chi connectivity index (χ3n) is 4.17. The van der Waals surface area contributed by atoms with Crippen molar-refractivity contribution < 1.29 is 13.6 Å². The van der Waals surface area contributed by atoms with Crippen LogP contribution in [0.4, 0.5) is 8.78 Å². The summed E-state index contributed by atoms with van der Waals surface area (Å²) in [6.07, 6.45) is 4.67. The van der Waals surface area contributed by atoms with Crippen LogP contribution in [0.2, 0.25) is 0 Å². The lowest BCUT2D eigenvalue weighted by atomic mass is 10.0. The van der Waals surface area contributed by atoms with Gasteiger partial charge in [-0.25, -0.2) is 8.78 Å². The molecule has 5 heteroatoms. The van der Waals surface area contributed by atoms with Gasteiger partial charge in [0, 0.05) is 11.0 Å². The average molecular weight is 330 g/mol. The van der Waals surface area contributed by atoms with Crippen LogP contribution < -0.4 is 5.32 Å². The van der Waals surface area contributed by atoms with E-state index in [-0.39, 0.29) is 9.89 Å². The summed E-state index contributed by atoms with van der Waals surface area (Å²) >= 11 is 2.99. The molecule has 19 heavy (non-hydrogen) atoms. The average Bonchev–Trinajstić information content (AvgIpc) is 3.17. The molecule has 2 fully saturated rings. The van der Waals surface area contributed by atoms with Crippen molar-refractivity contribution in [2.75, 3.05) is 6.54 Å². The highest BCUT2D eigenvalue weighted by molar-refractivity contribution is 9.10. The fourth-order valence-electron chi connectivity index (χ4n) is 2.69. The second-order valence-electron chi connectivity index (χ2n) is 5.56. The molecule has 2 nitrogen and oxygen atoms in total. The molecule has 0 radical (unpaired) electrons. The number of carbonyl (C=O) groups is 1. The molecule has 1 N–H and O–H groups in total. The Bertz CT molecular complexity index is 515. The number of carbonyl (C=O) groups excluding carboxylic acids is 1. The van der Waals surface area contributed by atoms with Crippen molar-refractivity contribution in [2.24, 2.45) is 11.3 Å². The van der Waals surface area contributed by atoms with Gasteiger partial charge in [-0.2, -0.15) is 0 Å². The van der Waals surface area contributed by atoms with E-state index in [4.69, 9.17) is 0 Å². The van der Waals surface area contributed by atoms with Crippen LogP contribution in [0.1, 0.15) is 36.0 Å². The van der Waals surface area contributed by atoms with Crippen molar-refractivity contribution in [1.82, 2.24) is 5.32 Å². The second-order valence-corrected chi connectivity index (χ2v) is 6.48. The van der Waals surface area contributed by atoms with Gasteiger partial charge in [-0.15, -0.1) is 0 Å². The highest BCUT2D eigenvalue weighted by atomic mass is 79.9. The quantitative estimate of drug-likeness (QED) is 0.897. The summed E-state index contributed by atoms with van der Waals surface area (Å²) in [6.45, 7) is 0.533. The molecule has 2 aliphatic rings. The molecule has 0 unspecified atom stereocenters. The maximum Gasteiger partial charge on any atom is 0.257 e. The molecule has 0 bridgehead atoms. The zero-order valence-corrected chi connectivity index (χ0v) is 11.9. The molecule has 1 aromatic carbocycles. The third-order valence-corrected chi connectivity index (χ3v) is 4.63. The van der Waals surface area contributed by atoms with Gasteiger partial charge in [-0.1, -0.05) is 15.9 Å². The molecule has 2 saturated carbocycles. The summed E-state index contributed by atoms with van der Waals surface area (Å²) < 4.78 is 27.6. The minimum absolute atomic E-state index is 0.220. The SMILES string of the molecule is O=C(NCC1(C2CC2)CC1)c1c(F)cc(Br)cc1F. The first-order valence-electron chi connectivity index (χ1n) is 6.45. The standard InChI is InChI=1S/C14H14BrF2NO/c15-9-5-10(16)12(11(17)6-9)13(19)18-7-14(3-4-14)8-1-2-8/h5-6,8H,1-4,7H2,(H,18,19). The predicted octanol–water partition coefficient (Wildman–Crippen LogP) is 3.65. The van der Waals surface area contributed by atoms with Gasteiger partial charge in [0.05, 0.1) is 0 Å². The molecule has 0 aliphatic heterocycles. The van der Waals surface area contributed by atoms with E-state index in [1.807, 2.05) is 0 Å². The molecule has 0 atom stereocenters. The molecular formula is C14H14BrF2NO. The molecule has 0 spiro atoms. The van der Waals surface area contributed by atoms with Gasteiger partial charge in [0.2, 0.25) is 0 Å². The first-order valence-corrected chi connectivity index (χ1v) is 7.24. The largest absolute Gasteiger partial charge is 0.351 e. The van der Waals surface area contributed by atoms with E-state index in [0.29, 0.717) is 12.5 Å². The fraction of sp³-hybridized carbons (Fsp3) is 0.500. The Kier molecular flexibility index (Phi) is 3.12. The van der Waals surface area contributed by atoms with Crippen LogP contribution in [0.5, 0.6) is 0 Å². The van der Waals surface area contributed by atoms with Crippen molar-refractivity contribution >= 4 is 21.8 Å². The summed E-state index contributed by atoms with van der Waals surface area (Å²) in [5, 5.41) is 2.69. The highest BCUT2D eigenvalue weighted by Gasteiger charge is 2.53. The third kappa shape index (κ3) is 2.53. The summed E-state index contributed by atoms with van der Waals surface area (Å²) in [7, 11) is 0. The number of benzene rings is 1. The molecule has 0 aromatic heterocycles. The lowest BCUT2D eigenvalue weighted by molar-refractivity contribution is 0.0934. The number of hydrogen-bond acceptors (Lipinski definition) is 1. The van der Waals surface area contributed by atoms with Gasteiger partial charge in [0.1, 0.15) is 17.2 Å². The van der Waals surface area contributed by atoms with Crippen molar-refractivity contribution in [3.63, 3.8) is 0 Å². The number of halogens is 3. The zero-order chi connectivity index (χ0) is 13.6. The van der Waals surface area contributed by atoms with E-state index in [2.05, 4.69) is 21.2 Å². The van der Waals surface area contributed by atoms with Crippen LogP contribution in [-0.2, 0) is 0 Å². The molecule has 0 heterocycles. The normalized spacial score (nSPS) is 20.2. The Hall–Kier alpha value is -0.970. The number of amides is 1. The van der Waals surface area contributed by atoms with Gasteiger partial charge in [-0.3, -0.25) is 4.79 Å². The Labute approximate surface area is 118 Å². The van der Waals surface area contributed by atoms with Gasteiger partial charge in [0.25, 0.3) is 5.91 Å². The zero-order valence-electron chi connectivity index (χ0n) is 10.3. The Morgan fingerprint density at radius 2 is 1.89 bits per heavy atom. The van der Waals surface area contributed by atoms with Crippen molar-refractivity contribution in [3.8, 4) is 0 Å². The highest BCUT2D eigenvalue weighted by Crippen LogP contribution is 2.60. The maximum absolute atomic E-state index is 13.6. The lowest BCUT2D eigenvalue weighted by Gasteiger charge is -2.15. The second kappa shape index (κ2) is 4.54. The van der Waals surface area contributed by atoms with E-state index in [0.717, 1.165) is 25.0 Å². The minimum Gasteiger partial charge on any atom is -0.351 e. The molecule has 1 amide bonds. The molecule has 1 aromatic rings. The molecule has 2 aliphatic carbocycles. The van der Waals surface area contributed by atoms with Gasteiger partial charge in [0.15, 0.2) is 0 Å². The van der Waals surface area contributed by atoms with Crippen LogP contribution in [0.3, 0.4) is 0 Å². The maximum atomic E-state index is 13.6. The number of hydrogen-bond donors (Lipinski definition) is 1. The lowest BCUT2D eigenvalue weighted by Crippen LogP contribution is -2.32. The number of rotatable bonds is 4. The predicted molar refractivity (Wildman–Crippen MR) is 70.8 cm³/mol. The first-order chi connectivity index (χ1) is 9.02. The van der Waals surface area contributed by atoms with E-state index < -0.39 is 23.1 Å². The van der Waals surface area contributed by atoms with Gasteiger partial charge in [-0.05, 0) is 49.1 Å². The summed E-state index contributed by atoms with van der Waals surface area (Å²) in [4.78, 5) is 11.9. The van der Waals surface area contributed by atoms with E-state index in [1.165, 1.54) is 12.8 Å². The fourth-order valence-corrected chi connectivity index (χ4v) is 3.09. The Morgan fingerprint density at radius 1 is 1.32 bits per heavy atom. The van der Waals surface area contributed by atoms with Gasteiger partial charge >= 0.3 is 0 Å². The van der Waals surface area contributed by atoms with Crippen molar-refractivity contribution in [3.05, 3.63) is 33.8 Å². The van der Waals surface area contributed by atoms with E-state index in [9.17, 15) is 13.6 Å². The van der Waals surface area contributed by atoms with Gasteiger partial charge < -0.3 is 5.32 Å². The minimum atomic E-state index is -0.833. The summed E-state index contributed by atoms with van der Waals surface area (Å²) in [6, 6.07) is 2.21. The topological polar surface area (TPSA) is 29.1 Å². The monoisotopic (exact) mass is 329 g/mol. The van der Waals surface area contributed by atoms with E-state index >= 15 is 0 Å². The Balaban J connectivity index is 1.70. The molecule has 0 saturated heterocycles. The molecule has 102 valence electrons. The van der Waals surface area contributed by atoms with E-state index in [1.54, 1.807) is 0 Å². The summed E-state index contributed by atoms with van der Waals surface area (Å²) in [5.74, 6) is -1.62. The van der Waals surface area contributed by atoms with Crippen LogP contribution in [0, 0.1) is 23.0 Å². The number of nitrogens with one attached hydrogen (secondary N) is 1. The smallest absolute Gasteiger partial charge is 0.257 e. The Morgan fingerprint density at radius 3 is 2.37 bits per heavy atom. The van der Waals surface area contributed by atoms with Crippen LogP contribution in [0.25, 0.3) is 0 Å². The summed E-state index contributed by atoms with van der Waals surface area (Å²) in [5.41, 5.74) is -0.271.